The highest BCUT2D eigenvalue weighted by atomic mass is 32.2. The molecule has 2 aliphatic heterocycles. The van der Waals surface area contributed by atoms with Crippen LogP contribution < -0.4 is 16.8 Å². The first-order chi connectivity index (χ1) is 15.3. The minimum absolute atomic E-state index is 0.0624. The number of carboxylic acids is 1. The van der Waals surface area contributed by atoms with Gasteiger partial charge in [-0.25, -0.2) is 19.7 Å². The van der Waals surface area contributed by atoms with Crippen LogP contribution in [0.25, 0.3) is 0 Å². The van der Waals surface area contributed by atoms with Crippen molar-refractivity contribution in [3.05, 3.63) is 33.7 Å². The molecule has 2 amide bonds. The predicted molar refractivity (Wildman–Crippen MR) is 112 cm³/mol. The molecule has 1 saturated heterocycles. The molecule has 166 valence electrons. The average Bonchev–Trinajstić information content (AvgIpc) is 3.19. The summed E-state index contributed by atoms with van der Waals surface area (Å²) in [6.45, 7) is 0. The molecule has 0 radical (unpaired) electrons. The van der Waals surface area contributed by atoms with E-state index in [0.717, 1.165) is 28.2 Å². The summed E-state index contributed by atoms with van der Waals surface area (Å²) in [5, 5.41) is 15.0. The van der Waals surface area contributed by atoms with Gasteiger partial charge in [0.05, 0.1) is 6.04 Å². The van der Waals surface area contributed by atoms with Gasteiger partial charge in [0.25, 0.3) is 11.8 Å². The van der Waals surface area contributed by atoms with Crippen molar-refractivity contribution in [1.29, 1.82) is 0 Å². The minimum atomic E-state index is -1.57. The molecule has 4 rings (SSSR count). The SMILES string of the molecule is Nc1ncc(SC2=C(C(=O)O)N3C(=O)[C@@H](NC(=O)C(N=O)c4nsc(N)n4)C3CC2)cn1. The number of rotatable bonds is 7. The van der Waals surface area contributed by atoms with Crippen molar-refractivity contribution in [2.24, 2.45) is 5.18 Å². The number of carbonyl (C=O) groups is 3. The van der Waals surface area contributed by atoms with E-state index in [2.05, 4.69) is 29.8 Å². The number of carbonyl (C=O) groups excluding carboxylic acids is 2. The Morgan fingerprint density at radius 3 is 2.66 bits per heavy atom. The first-order valence-corrected chi connectivity index (χ1v) is 10.7. The lowest BCUT2D eigenvalue weighted by Gasteiger charge is -2.50. The molecule has 0 aromatic carbocycles. The van der Waals surface area contributed by atoms with E-state index in [9.17, 15) is 24.4 Å². The number of β-lactam (4-membered cyclic amide) rings is 1. The van der Waals surface area contributed by atoms with Crippen LogP contribution >= 0.6 is 23.3 Å². The molecular weight excluding hydrogens is 462 g/mol. The maximum absolute atomic E-state index is 12.7. The van der Waals surface area contributed by atoms with Gasteiger partial charge in [0, 0.05) is 33.7 Å². The van der Waals surface area contributed by atoms with Crippen molar-refractivity contribution in [3.8, 4) is 0 Å². The summed E-state index contributed by atoms with van der Waals surface area (Å²) in [6.07, 6.45) is 3.65. The van der Waals surface area contributed by atoms with Crippen LogP contribution in [0.3, 0.4) is 0 Å². The van der Waals surface area contributed by atoms with E-state index >= 15 is 0 Å². The Morgan fingerprint density at radius 1 is 1.34 bits per heavy atom. The summed E-state index contributed by atoms with van der Waals surface area (Å²) in [4.78, 5) is 62.0. The molecule has 2 aromatic heterocycles. The molecule has 14 nitrogen and oxygen atoms in total. The largest absolute Gasteiger partial charge is 0.477 e. The van der Waals surface area contributed by atoms with E-state index < -0.39 is 35.9 Å². The van der Waals surface area contributed by atoms with Crippen molar-refractivity contribution in [2.45, 2.75) is 35.9 Å². The van der Waals surface area contributed by atoms with Gasteiger partial charge in [0.2, 0.25) is 12.0 Å². The average molecular weight is 477 g/mol. The quantitative estimate of drug-likeness (QED) is 0.303. The number of anilines is 2. The maximum atomic E-state index is 12.7. The molecule has 3 atom stereocenters. The van der Waals surface area contributed by atoms with Crippen LogP contribution in [0.4, 0.5) is 11.1 Å². The van der Waals surface area contributed by atoms with Gasteiger partial charge >= 0.3 is 5.97 Å². The monoisotopic (exact) mass is 477 g/mol. The Kier molecular flexibility index (Phi) is 5.70. The smallest absolute Gasteiger partial charge is 0.353 e. The number of amides is 2. The number of carboxylic acid groups (broad SMARTS) is 1. The van der Waals surface area contributed by atoms with Crippen molar-refractivity contribution < 1.29 is 19.5 Å². The van der Waals surface area contributed by atoms with Gasteiger partial charge in [-0.15, -0.1) is 4.91 Å². The molecule has 0 bridgehead atoms. The Balaban J connectivity index is 1.51. The molecule has 0 saturated carbocycles. The highest BCUT2D eigenvalue weighted by Crippen LogP contribution is 2.43. The molecule has 1 fully saturated rings. The van der Waals surface area contributed by atoms with Gasteiger partial charge in [0.1, 0.15) is 11.7 Å². The van der Waals surface area contributed by atoms with E-state index in [1.165, 1.54) is 12.4 Å². The number of aromatic nitrogens is 4. The van der Waals surface area contributed by atoms with Gasteiger partial charge < -0.3 is 21.9 Å². The van der Waals surface area contributed by atoms with E-state index in [-0.39, 0.29) is 22.6 Å². The Morgan fingerprint density at radius 2 is 2.06 bits per heavy atom. The fraction of sp³-hybridized carbons (Fsp3) is 0.312. The van der Waals surface area contributed by atoms with Crippen LogP contribution in [0.5, 0.6) is 0 Å². The number of nitroso groups, excluding NO2 is 1. The number of nitrogens with zero attached hydrogens (tertiary/aromatic N) is 6. The van der Waals surface area contributed by atoms with Gasteiger partial charge in [-0.05, 0) is 18.0 Å². The Bertz CT molecular complexity index is 1140. The molecule has 2 aromatic rings. The zero-order chi connectivity index (χ0) is 23.0. The molecular formula is C16H15N9O5S2. The van der Waals surface area contributed by atoms with E-state index in [4.69, 9.17) is 11.5 Å². The van der Waals surface area contributed by atoms with Gasteiger partial charge in [0.15, 0.2) is 11.0 Å². The van der Waals surface area contributed by atoms with Crippen molar-refractivity contribution >= 4 is 52.2 Å². The number of aliphatic carboxylic acids is 1. The number of allylic oxidation sites excluding steroid dienone is 1. The molecule has 32 heavy (non-hydrogen) atoms. The topological polar surface area (TPSA) is 220 Å². The summed E-state index contributed by atoms with van der Waals surface area (Å²) in [6, 6.07) is -3.14. The zero-order valence-corrected chi connectivity index (χ0v) is 17.7. The molecule has 2 aliphatic rings. The number of nitrogen functional groups attached to an aromatic ring is 2. The van der Waals surface area contributed by atoms with Gasteiger partial charge in [-0.3, -0.25) is 14.5 Å². The standard InChI is InChI=1S/C16H15N9O5S2/c17-15-19-3-5(4-20-15)31-7-2-1-6-8(13(27)25(6)10(7)14(28)29)21-12(26)9(23-30)11-22-16(18)32-24-11/h3-4,6,8-9H,1-2H2,(H,21,26)(H,28,29)(H2,17,19,20)(H2,18,22,24)/t6?,8-,9?/m0/s1. The van der Waals surface area contributed by atoms with Crippen LogP contribution in [0.2, 0.25) is 0 Å². The van der Waals surface area contributed by atoms with E-state index in [0.29, 0.717) is 22.6 Å². The molecule has 2 unspecified atom stereocenters. The third kappa shape index (κ3) is 3.84. The predicted octanol–water partition coefficient (Wildman–Crippen LogP) is -0.122. The zero-order valence-electron chi connectivity index (χ0n) is 16.0. The fourth-order valence-electron chi connectivity index (χ4n) is 3.45. The van der Waals surface area contributed by atoms with Crippen LogP contribution in [0.15, 0.2) is 33.1 Å². The first kappa shape index (κ1) is 21.6. The lowest BCUT2D eigenvalue weighted by molar-refractivity contribution is -0.156. The van der Waals surface area contributed by atoms with Crippen molar-refractivity contribution in [2.75, 3.05) is 11.5 Å². The van der Waals surface area contributed by atoms with Crippen molar-refractivity contribution in [3.63, 3.8) is 0 Å². The number of thioether (sulfide) groups is 1. The molecule has 6 N–H and O–H groups in total. The molecule has 16 heteroatoms. The lowest BCUT2D eigenvalue weighted by Crippen LogP contribution is -2.71. The van der Waals surface area contributed by atoms with Crippen LogP contribution in [-0.2, 0) is 14.4 Å². The first-order valence-electron chi connectivity index (χ1n) is 9.07. The Labute approximate surface area is 187 Å². The van der Waals surface area contributed by atoms with E-state index in [1.54, 1.807) is 0 Å². The van der Waals surface area contributed by atoms with Crippen LogP contribution in [0.1, 0.15) is 24.7 Å². The third-order valence-corrected chi connectivity index (χ3v) is 6.48. The van der Waals surface area contributed by atoms with E-state index in [1.807, 2.05) is 0 Å². The highest BCUT2D eigenvalue weighted by Gasteiger charge is 2.54. The number of nitrogens with one attached hydrogen (secondary N) is 1. The number of fused-ring (bicyclic) bond motifs is 1. The highest BCUT2D eigenvalue weighted by molar-refractivity contribution is 8.03. The normalized spacial score (nSPS) is 20.9. The summed E-state index contributed by atoms with van der Waals surface area (Å²) in [5.41, 5.74) is 10.8. The minimum Gasteiger partial charge on any atom is -0.477 e. The van der Waals surface area contributed by atoms with Gasteiger partial charge in [-0.1, -0.05) is 11.8 Å². The maximum Gasteiger partial charge on any atom is 0.353 e. The van der Waals surface area contributed by atoms with Crippen LogP contribution in [-0.4, -0.2) is 59.2 Å². The third-order valence-electron chi connectivity index (χ3n) is 4.84. The second-order valence-electron chi connectivity index (χ2n) is 6.76. The summed E-state index contributed by atoms with van der Waals surface area (Å²) in [5.74, 6) is -2.83. The Hall–Kier alpha value is -3.66. The van der Waals surface area contributed by atoms with Gasteiger partial charge in [-0.2, -0.15) is 4.37 Å². The van der Waals surface area contributed by atoms with Crippen molar-refractivity contribution in [1.82, 2.24) is 29.5 Å². The molecule has 4 heterocycles. The number of hydrogen-bond acceptors (Lipinski definition) is 13. The molecule has 0 aliphatic carbocycles. The summed E-state index contributed by atoms with van der Waals surface area (Å²) >= 11 is 1.93. The number of nitrogens with two attached hydrogens (primary N) is 2. The fourth-order valence-corrected chi connectivity index (χ4v) is 4.91. The second-order valence-corrected chi connectivity index (χ2v) is 8.71. The van der Waals surface area contributed by atoms with Crippen LogP contribution in [0, 0.1) is 4.91 Å². The number of hydrogen-bond donors (Lipinski definition) is 4. The lowest BCUT2D eigenvalue weighted by atomic mass is 9.86. The molecule has 0 spiro atoms. The summed E-state index contributed by atoms with van der Waals surface area (Å²) < 4.78 is 3.80. The summed E-state index contributed by atoms with van der Waals surface area (Å²) in [7, 11) is 0. The second kappa shape index (κ2) is 8.46.